The van der Waals surface area contributed by atoms with E-state index in [1.165, 1.54) is 5.56 Å². The van der Waals surface area contributed by atoms with Gasteiger partial charge >= 0.3 is 5.97 Å². The maximum Gasteiger partial charge on any atom is 0.349 e. The second-order valence-corrected chi connectivity index (χ2v) is 6.32. The molecule has 25 heavy (non-hydrogen) atoms. The van der Waals surface area contributed by atoms with Crippen LogP contribution in [0.2, 0.25) is 0 Å². The lowest BCUT2D eigenvalue weighted by molar-refractivity contribution is -0.136. The molecule has 0 bridgehead atoms. The molecule has 3 aromatic carbocycles. The first-order chi connectivity index (χ1) is 12.2. The van der Waals surface area contributed by atoms with Gasteiger partial charge in [-0.3, -0.25) is 0 Å². The maximum atomic E-state index is 12.0. The molecule has 126 valence electrons. The van der Waals surface area contributed by atoms with Crippen LogP contribution < -0.4 is 9.47 Å². The van der Waals surface area contributed by atoms with Gasteiger partial charge in [0.15, 0.2) is 6.61 Å². The third kappa shape index (κ3) is 4.94. The molecule has 0 radical (unpaired) electrons. The van der Waals surface area contributed by atoms with Gasteiger partial charge in [-0.05, 0) is 45.3 Å². The predicted molar refractivity (Wildman–Crippen MR) is 101 cm³/mol. The highest BCUT2D eigenvalue weighted by atomic mass is 79.9. The predicted octanol–water partition coefficient (Wildman–Crippen LogP) is 5.02. The largest absolute Gasteiger partial charge is 0.482 e. The number of carbonyl (C=O) groups excluding carboxylic acids is 1. The Morgan fingerprint density at radius 3 is 2.20 bits per heavy atom. The van der Waals surface area contributed by atoms with Crippen molar-refractivity contribution >= 4 is 21.9 Å². The molecule has 0 N–H and O–H groups in total. The quantitative estimate of drug-likeness (QED) is 0.433. The fourth-order valence-electron chi connectivity index (χ4n) is 2.42. The molecular formula is C21H17BrO3. The van der Waals surface area contributed by atoms with E-state index in [0.29, 0.717) is 11.5 Å². The van der Waals surface area contributed by atoms with Crippen LogP contribution in [0.15, 0.2) is 83.3 Å². The van der Waals surface area contributed by atoms with Gasteiger partial charge in [0.25, 0.3) is 0 Å². The van der Waals surface area contributed by atoms with Crippen molar-refractivity contribution in [1.29, 1.82) is 0 Å². The molecule has 0 unspecified atom stereocenters. The summed E-state index contributed by atoms with van der Waals surface area (Å²) in [5, 5.41) is 0. The number of halogens is 1. The summed E-state index contributed by atoms with van der Waals surface area (Å²) < 4.78 is 11.7. The number of esters is 1. The monoisotopic (exact) mass is 396 g/mol. The Balaban J connectivity index is 1.63. The van der Waals surface area contributed by atoms with E-state index in [1.807, 2.05) is 60.7 Å². The smallest absolute Gasteiger partial charge is 0.349 e. The van der Waals surface area contributed by atoms with E-state index >= 15 is 0 Å². The molecule has 0 saturated carbocycles. The number of carbonyl (C=O) groups is 1. The van der Waals surface area contributed by atoms with Gasteiger partial charge in [0.2, 0.25) is 0 Å². The van der Waals surface area contributed by atoms with Gasteiger partial charge in [-0.1, -0.05) is 60.7 Å². The topological polar surface area (TPSA) is 35.5 Å². The number of ether oxygens (including phenoxy) is 2. The summed E-state index contributed by atoms with van der Waals surface area (Å²) in [5.74, 6) is 0.727. The van der Waals surface area contributed by atoms with E-state index in [1.54, 1.807) is 6.07 Å². The number of benzene rings is 3. The van der Waals surface area contributed by atoms with Crippen molar-refractivity contribution in [2.75, 3.05) is 6.61 Å². The third-order valence-corrected chi connectivity index (χ3v) is 4.27. The first-order valence-corrected chi connectivity index (χ1v) is 8.71. The zero-order valence-corrected chi connectivity index (χ0v) is 15.1. The Hall–Kier alpha value is -2.59. The molecule has 0 aliphatic heterocycles. The lowest BCUT2D eigenvalue weighted by atomic mass is 10.0. The van der Waals surface area contributed by atoms with Gasteiger partial charge in [0, 0.05) is 6.42 Å². The fourth-order valence-corrected chi connectivity index (χ4v) is 2.79. The van der Waals surface area contributed by atoms with Crippen LogP contribution in [-0.4, -0.2) is 12.6 Å². The average Bonchev–Trinajstić information content (AvgIpc) is 2.64. The average molecular weight is 397 g/mol. The SMILES string of the molecule is O=C(COc1ccccc1Cc1ccccc1)Oc1ccccc1Br. The fraction of sp³-hybridized carbons (Fsp3) is 0.0952. The summed E-state index contributed by atoms with van der Waals surface area (Å²) in [4.78, 5) is 12.0. The van der Waals surface area contributed by atoms with E-state index in [9.17, 15) is 4.79 Å². The molecule has 0 aromatic heterocycles. The molecule has 3 rings (SSSR count). The minimum atomic E-state index is -0.443. The highest BCUT2D eigenvalue weighted by molar-refractivity contribution is 9.10. The van der Waals surface area contributed by atoms with Crippen LogP contribution in [0.3, 0.4) is 0 Å². The van der Waals surface area contributed by atoms with Crippen LogP contribution in [0.25, 0.3) is 0 Å². The summed E-state index contributed by atoms with van der Waals surface area (Å²) in [5.41, 5.74) is 2.22. The lowest BCUT2D eigenvalue weighted by Gasteiger charge is -2.12. The molecule has 0 spiro atoms. The van der Waals surface area contributed by atoms with Gasteiger partial charge in [-0.25, -0.2) is 4.79 Å². The first-order valence-electron chi connectivity index (χ1n) is 7.92. The molecule has 0 fully saturated rings. The highest BCUT2D eigenvalue weighted by Gasteiger charge is 2.10. The third-order valence-electron chi connectivity index (χ3n) is 3.62. The van der Waals surface area contributed by atoms with Crippen LogP contribution in [0.4, 0.5) is 0 Å². The minimum absolute atomic E-state index is 0.146. The number of hydrogen-bond acceptors (Lipinski definition) is 3. The molecule has 0 aliphatic carbocycles. The number of rotatable bonds is 6. The van der Waals surface area contributed by atoms with Crippen molar-refractivity contribution in [3.05, 3.63) is 94.5 Å². The summed E-state index contributed by atoms with van der Waals surface area (Å²) >= 11 is 3.35. The number of hydrogen-bond donors (Lipinski definition) is 0. The summed E-state index contributed by atoms with van der Waals surface area (Å²) in [6, 6.07) is 25.1. The first kappa shape index (κ1) is 17.2. The zero-order valence-electron chi connectivity index (χ0n) is 13.5. The Morgan fingerprint density at radius 2 is 1.44 bits per heavy atom. The molecule has 0 aliphatic rings. The highest BCUT2D eigenvalue weighted by Crippen LogP contribution is 2.24. The van der Waals surface area contributed by atoms with Crippen LogP contribution in [0, 0.1) is 0 Å². The van der Waals surface area contributed by atoms with Crippen molar-refractivity contribution in [3.8, 4) is 11.5 Å². The Labute approximate surface area is 155 Å². The van der Waals surface area contributed by atoms with Crippen LogP contribution >= 0.6 is 15.9 Å². The van der Waals surface area contributed by atoms with Crippen LogP contribution in [-0.2, 0) is 11.2 Å². The van der Waals surface area contributed by atoms with Gasteiger partial charge in [0.1, 0.15) is 11.5 Å². The standard InChI is InChI=1S/C21H17BrO3/c22-18-11-5-7-13-20(18)25-21(23)15-24-19-12-6-4-10-17(19)14-16-8-2-1-3-9-16/h1-13H,14-15H2. The van der Waals surface area contributed by atoms with Gasteiger partial charge in [-0.15, -0.1) is 0 Å². The molecule has 0 saturated heterocycles. The van der Waals surface area contributed by atoms with Gasteiger partial charge in [-0.2, -0.15) is 0 Å². The Kier molecular flexibility index (Phi) is 5.86. The molecule has 0 atom stereocenters. The summed E-state index contributed by atoms with van der Waals surface area (Å²) in [6.07, 6.45) is 0.746. The van der Waals surface area contributed by atoms with Crippen molar-refractivity contribution in [2.24, 2.45) is 0 Å². The van der Waals surface area contributed by atoms with E-state index < -0.39 is 5.97 Å². The molecule has 0 amide bonds. The van der Waals surface area contributed by atoms with E-state index in [4.69, 9.17) is 9.47 Å². The van der Waals surface area contributed by atoms with E-state index in [0.717, 1.165) is 16.5 Å². The van der Waals surface area contributed by atoms with Crippen molar-refractivity contribution in [1.82, 2.24) is 0 Å². The second kappa shape index (κ2) is 8.49. The van der Waals surface area contributed by atoms with Crippen LogP contribution in [0.1, 0.15) is 11.1 Å². The summed E-state index contributed by atoms with van der Waals surface area (Å²) in [6.45, 7) is -0.146. The molecule has 4 heteroatoms. The van der Waals surface area contributed by atoms with Gasteiger partial charge in [0.05, 0.1) is 4.47 Å². The van der Waals surface area contributed by atoms with Crippen molar-refractivity contribution < 1.29 is 14.3 Å². The number of para-hydroxylation sites is 2. The molecule has 0 heterocycles. The molecule has 3 nitrogen and oxygen atoms in total. The molecular weight excluding hydrogens is 380 g/mol. The van der Waals surface area contributed by atoms with E-state index in [-0.39, 0.29) is 6.61 Å². The van der Waals surface area contributed by atoms with Crippen molar-refractivity contribution in [2.45, 2.75) is 6.42 Å². The second-order valence-electron chi connectivity index (χ2n) is 5.46. The summed E-state index contributed by atoms with van der Waals surface area (Å²) in [7, 11) is 0. The zero-order chi connectivity index (χ0) is 17.5. The Bertz CT molecular complexity index is 847. The lowest BCUT2D eigenvalue weighted by Crippen LogP contribution is -2.18. The normalized spacial score (nSPS) is 10.3. The van der Waals surface area contributed by atoms with Gasteiger partial charge < -0.3 is 9.47 Å². The molecule has 3 aromatic rings. The maximum absolute atomic E-state index is 12.0. The minimum Gasteiger partial charge on any atom is -0.482 e. The Morgan fingerprint density at radius 1 is 0.800 bits per heavy atom. The van der Waals surface area contributed by atoms with Crippen LogP contribution in [0.5, 0.6) is 11.5 Å². The van der Waals surface area contributed by atoms with E-state index in [2.05, 4.69) is 28.1 Å². The van der Waals surface area contributed by atoms with Crippen molar-refractivity contribution in [3.63, 3.8) is 0 Å².